The smallest absolute Gasteiger partial charge is 0.204 e. The van der Waals surface area contributed by atoms with Crippen LogP contribution in [0.25, 0.3) is 0 Å². The Bertz CT molecular complexity index is 846. The van der Waals surface area contributed by atoms with E-state index >= 15 is 0 Å². The minimum atomic E-state index is -0.811. The number of methoxy groups -OCH3 is 5. The summed E-state index contributed by atoms with van der Waals surface area (Å²) in [6.07, 6.45) is -1.50. The van der Waals surface area contributed by atoms with E-state index in [0.29, 0.717) is 39.9 Å². The first-order valence-corrected chi connectivity index (χ1v) is 8.30. The molecule has 7 heteroatoms. The highest BCUT2D eigenvalue weighted by Gasteiger charge is 2.41. The van der Waals surface area contributed by atoms with E-state index in [4.69, 9.17) is 28.4 Å². The van der Waals surface area contributed by atoms with Crippen molar-refractivity contribution in [2.75, 3.05) is 35.5 Å². The molecule has 0 unspecified atom stereocenters. The first-order chi connectivity index (χ1) is 13.1. The van der Waals surface area contributed by atoms with Gasteiger partial charge in [-0.1, -0.05) is 6.07 Å². The molecule has 0 amide bonds. The van der Waals surface area contributed by atoms with Crippen LogP contribution in [0.2, 0.25) is 0 Å². The van der Waals surface area contributed by atoms with E-state index in [1.807, 2.05) is 6.07 Å². The Balaban J connectivity index is 2.12. The van der Waals surface area contributed by atoms with E-state index in [1.165, 1.54) is 21.3 Å². The molecule has 0 aromatic heterocycles. The molecule has 0 spiro atoms. The zero-order valence-corrected chi connectivity index (χ0v) is 15.9. The maximum Gasteiger partial charge on any atom is 0.204 e. The van der Waals surface area contributed by atoms with Gasteiger partial charge >= 0.3 is 0 Å². The Morgan fingerprint density at radius 1 is 0.815 bits per heavy atom. The molecule has 7 nitrogen and oxygen atoms in total. The highest BCUT2D eigenvalue weighted by molar-refractivity contribution is 6.04. The molecule has 2 atom stereocenters. The van der Waals surface area contributed by atoms with Gasteiger partial charge < -0.3 is 28.4 Å². The van der Waals surface area contributed by atoms with E-state index < -0.39 is 12.2 Å². The summed E-state index contributed by atoms with van der Waals surface area (Å²) in [7, 11) is 7.61. The van der Waals surface area contributed by atoms with Gasteiger partial charge in [-0.15, -0.1) is 0 Å². The summed E-state index contributed by atoms with van der Waals surface area (Å²) in [6.45, 7) is 0. The summed E-state index contributed by atoms with van der Waals surface area (Å²) in [6, 6.07) is 8.65. The summed E-state index contributed by atoms with van der Waals surface area (Å²) in [5.74, 6) is 2.09. The highest BCUT2D eigenvalue weighted by Crippen LogP contribution is 2.47. The van der Waals surface area contributed by atoms with Gasteiger partial charge in [-0.2, -0.15) is 0 Å². The number of fused-ring (bicyclic) bond motifs is 1. The van der Waals surface area contributed by atoms with Gasteiger partial charge in [-0.3, -0.25) is 4.79 Å². The van der Waals surface area contributed by atoms with Gasteiger partial charge in [0, 0.05) is 7.11 Å². The second-order valence-electron chi connectivity index (χ2n) is 5.85. The summed E-state index contributed by atoms with van der Waals surface area (Å²) in [5.41, 5.74) is 1.10. The molecule has 0 aliphatic carbocycles. The monoisotopic (exact) mass is 374 g/mol. The normalized spacial score (nSPS) is 18.3. The summed E-state index contributed by atoms with van der Waals surface area (Å²) < 4.78 is 33.0. The van der Waals surface area contributed by atoms with Gasteiger partial charge in [0.15, 0.2) is 41.0 Å². The standard InChI is InChI=1S/C20H22O7/c1-22-13-8-6-11(10-15(13)24-3)17-20(26-5)16(21)12-7-9-14(23-2)19(25-4)18(12)27-17/h6-10,17,20H,1-5H3/t17-,20-/m1/s1. The number of hydrogen-bond acceptors (Lipinski definition) is 7. The number of carbonyl (C=O) groups is 1. The number of Topliss-reactive ketones (excluding diaryl/α,β-unsaturated/α-hetero) is 1. The van der Waals surface area contributed by atoms with Crippen LogP contribution in [0, 0.1) is 0 Å². The molecule has 2 aromatic carbocycles. The van der Waals surface area contributed by atoms with Crippen molar-refractivity contribution in [2.24, 2.45) is 0 Å². The first-order valence-electron chi connectivity index (χ1n) is 8.30. The zero-order chi connectivity index (χ0) is 19.6. The third-order valence-electron chi connectivity index (χ3n) is 4.53. The van der Waals surface area contributed by atoms with Gasteiger partial charge in [0.2, 0.25) is 5.75 Å². The fourth-order valence-electron chi connectivity index (χ4n) is 3.19. The lowest BCUT2D eigenvalue weighted by Crippen LogP contribution is -2.38. The van der Waals surface area contributed by atoms with Crippen molar-refractivity contribution in [3.63, 3.8) is 0 Å². The maximum absolute atomic E-state index is 13.0. The Hall–Kier alpha value is -2.93. The second-order valence-corrected chi connectivity index (χ2v) is 5.85. The third-order valence-corrected chi connectivity index (χ3v) is 4.53. The molecule has 0 radical (unpaired) electrons. The van der Waals surface area contributed by atoms with Crippen molar-refractivity contribution in [1.82, 2.24) is 0 Å². The lowest BCUT2D eigenvalue weighted by atomic mass is 9.92. The lowest BCUT2D eigenvalue weighted by Gasteiger charge is -2.33. The van der Waals surface area contributed by atoms with Gasteiger partial charge in [0.05, 0.1) is 34.0 Å². The molecule has 1 aliphatic rings. The molecular formula is C20H22O7. The topological polar surface area (TPSA) is 72.5 Å². The molecule has 3 rings (SSSR count). The maximum atomic E-state index is 13.0. The lowest BCUT2D eigenvalue weighted by molar-refractivity contribution is -0.00183. The molecule has 144 valence electrons. The van der Waals surface area contributed by atoms with Gasteiger partial charge in [0.1, 0.15) is 0 Å². The van der Waals surface area contributed by atoms with Gasteiger partial charge in [-0.25, -0.2) is 0 Å². The quantitative estimate of drug-likeness (QED) is 0.769. The minimum Gasteiger partial charge on any atom is -0.493 e. The van der Waals surface area contributed by atoms with Crippen LogP contribution in [0.15, 0.2) is 30.3 Å². The Labute approximate surface area is 157 Å². The van der Waals surface area contributed by atoms with Gasteiger partial charge in [0.25, 0.3) is 0 Å². The SMILES string of the molecule is COc1ccc([C@H]2Oc3c(ccc(OC)c3OC)C(=O)[C@H]2OC)cc1OC. The molecule has 0 fully saturated rings. The van der Waals surface area contributed by atoms with E-state index in [9.17, 15) is 4.79 Å². The molecule has 0 saturated carbocycles. The van der Waals surface area contributed by atoms with Crippen molar-refractivity contribution in [3.05, 3.63) is 41.5 Å². The summed E-state index contributed by atoms with van der Waals surface area (Å²) in [4.78, 5) is 13.0. The molecule has 0 bridgehead atoms. The number of benzene rings is 2. The van der Waals surface area contributed by atoms with Crippen LogP contribution >= 0.6 is 0 Å². The number of ketones is 1. The minimum absolute atomic E-state index is 0.195. The molecule has 1 heterocycles. The molecular weight excluding hydrogens is 352 g/mol. The van der Waals surface area contributed by atoms with Crippen molar-refractivity contribution in [2.45, 2.75) is 12.2 Å². The first kappa shape index (κ1) is 18.8. The number of hydrogen-bond donors (Lipinski definition) is 0. The van der Waals surface area contributed by atoms with Crippen molar-refractivity contribution in [3.8, 4) is 28.7 Å². The van der Waals surface area contributed by atoms with Crippen LogP contribution in [0.1, 0.15) is 22.0 Å². The fraction of sp³-hybridized carbons (Fsp3) is 0.350. The van der Waals surface area contributed by atoms with E-state index in [2.05, 4.69) is 0 Å². The summed E-state index contributed by atoms with van der Waals surface area (Å²) in [5, 5.41) is 0. The van der Waals surface area contributed by atoms with E-state index in [0.717, 1.165) is 0 Å². The van der Waals surface area contributed by atoms with Crippen molar-refractivity contribution >= 4 is 5.78 Å². The van der Waals surface area contributed by atoms with Crippen LogP contribution < -0.4 is 23.7 Å². The van der Waals surface area contributed by atoms with Gasteiger partial charge in [-0.05, 0) is 29.8 Å². The predicted molar refractivity (Wildman–Crippen MR) is 97.6 cm³/mol. The van der Waals surface area contributed by atoms with Crippen molar-refractivity contribution in [1.29, 1.82) is 0 Å². The molecule has 1 aliphatic heterocycles. The average molecular weight is 374 g/mol. The highest BCUT2D eigenvalue weighted by atomic mass is 16.6. The predicted octanol–water partition coefficient (Wildman–Crippen LogP) is 3.05. The second kappa shape index (κ2) is 7.75. The number of ether oxygens (including phenoxy) is 6. The van der Waals surface area contributed by atoms with Crippen LogP contribution in [-0.2, 0) is 4.74 Å². The Morgan fingerprint density at radius 3 is 2.07 bits per heavy atom. The van der Waals surface area contributed by atoms with Crippen LogP contribution in [-0.4, -0.2) is 47.4 Å². The van der Waals surface area contributed by atoms with E-state index in [1.54, 1.807) is 38.5 Å². The summed E-state index contributed by atoms with van der Waals surface area (Å²) >= 11 is 0. The largest absolute Gasteiger partial charge is 0.493 e. The van der Waals surface area contributed by atoms with Crippen LogP contribution in [0.5, 0.6) is 28.7 Å². The molecule has 0 N–H and O–H groups in total. The molecule has 0 saturated heterocycles. The molecule has 27 heavy (non-hydrogen) atoms. The third kappa shape index (κ3) is 3.14. The van der Waals surface area contributed by atoms with E-state index in [-0.39, 0.29) is 5.78 Å². The average Bonchev–Trinajstić information content (AvgIpc) is 2.71. The molecule has 2 aromatic rings. The number of carbonyl (C=O) groups excluding carboxylic acids is 1. The van der Waals surface area contributed by atoms with Crippen LogP contribution in [0.4, 0.5) is 0 Å². The Kier molecular flexibility index (Phi) is 5.41. The number of rotatable bonds is 6. The zero-order valence-electron chi connectivity index (χ0n) is 15.9. The Morgan fingerprint density at radius 2 is 1.48 bits per heavy atom. The van der Waals surface area contributed by atoms with Crippen LogP contribution in [0.3, 0.4) is 0 Å². The fourth-order valence-corrected chi connectivity index (χ4v) is 3.19. The van der Waals surface area contributed by atoms with Crippen molar-refractivity contribution < 1.29 is 33.2 Å².